The maximum atomic E-state index is 13.6. The molecule has 0 unspecified atom stereocenters. The first-order valence-corrected chi connectivity index (χ1v) is 13.5. The van der Waals surface area contributed by atoms with Gasteiger partial charge in [-0.2, -0.15) is 0 Å². The monoisotopic (exact) mass is 552 g/mol. The predicted molar refractivity (Wildman–Crippen MR) is 150 cm³/mol. The number of halogens is 2. The topological polar surface area (TPSA) is 66.9 Å². The molecular weight excluding hydrogens is 523 g/mol. The Hall–Kier alpha value is -3.35. The van der Waals surface area contributed by atoms with E-state index in [9.17, 15) is 14.4 Å². The average molecular weight is 553 g/mol. The van der Waals surface area contributed by atoms with Crippen LogP contribution in [-0.4, -0.2) is 42.4 Å². The predicted octanol–water partition coefficient (Wildman–Crippen LogP) is 6.18. The molecule has 0 aromatic heterocycles. The quantitative estimate of drug-likeness (QED) is 0.313. The van der Waals surface area contributed by atoms with Crippen LogP contribution in [0.3, 0.4) is 0 Å². The molecule has 198 valence electrons. The van der Waals surface area contributed by atoms with Gasteiger partial charge < -0.3 is 14.5 Å². The van der Waals surface area contributed by atoms with Gasteiger partial charge in [0.25, 0.3) is 5.91 Å². The van der Waals surface area contributed by atoms with Crippen LogP contribution in [-0.2, 0) is 27.3 Å². The number of likely N-dealkylation sites (tertiary alicyclic amines) is 1. The van der Waals surface area contributed by atoms with Crippen molar-refractivity contribution >= 4 is 46.7 Å². The van der Waals surface area contributed by atoms with Crippen LogP contribution in [0.25, 0.3) is 0 Å². The molecule has 1 aliphatic rings. The van der Waals surface area contributed by atoms with E-state index in [0.29, 0.717) is 42.5 Å². The van der Waals surface area contributed by atoms with Gasteiger partial charge in [0.05, 0.1) is 36.1 Å². The van der Waals surface area contributed by atoms with Gasteiger partial charge in [0.1, 0.15) is 0 Å². The summed E-state index contributed by atoms with van der Waals surface area (Å²) in [7, 11) is 0. The first-order chi connectivity index (χ1) is 18.4. The first-order valence-electron chi connectivity index (χ1n) is 12.7. The summed E-state index contributed by atoms with van der Waals surface area (Å²) in [4.78, 5) is 42.1. The van der Waals surface area contributed by atoms with Crippen molar-refractivity contribution in [2.24, 2.45) is 5.92 Å². The van der Waals surface area contributed by atoms with Crippen molar-refractivity contribution in [2.75, 3.05) is 24.6 Å². The summed E-state index contributed by atoms with van der Waals surface area (Å²) in [5.74, 6) is -0.792. The summed E-state index contributed by atoms with van der Waals surface area (Å²) in [6, 6.07) is 21.9. The second-order valence-corrected chi connectivity index (χ2v) is 10.1. The minimum atomic E-state index is -0.271. The second kappa shape index (κ2) is 12.9. The van der Waals surface area contributed by atoms with Crippen molar-refractivity contribution in [1.29, 1.82) is 0 Å². The third-order valence-corrected chi connectivity index (χ3v) is 7.14. The smallest absolute Gasteiger partial charge is 0.310 e. The highest BCUT2D eigenvalue weighted by atomic mass is 35.5. The molecule has 0 saturated carbocycles. The third-order valence-electron chi connectivity index (χ3n) is 6.59. The maximum absolute atomic E-state index is 13.6. The van der Waals surface area contributed by atoms with E-state index in [1.54, 1.807) is 34.9 Å². The minimum Gasteiger partial charge on any atom is -0.466 e. The molecule has 1 atom stereocenters. The Labute approximate surface area is 233 Å². The first kappa shape index (κ1) is 27.7. The molecule has 3 aromatic carbocycles. The summed E-state index contributed by atoms with van der Waals surface area (Å²) in [5.41, 5.74) is 2.83. The van der Waals surface area contributed by atoms with E-state index in [1.807, 2.05) is 54.6 Å². The molecule has 6 nitrogen and oxygen atoms in total. The van der Waals surface area contributed by atoms with E-state index < -0.39 is 0 Å². The fourth-order valence-corrected chi connectivity index (χ4v) is 5.08. The van der Waals surface area contributed by atoms with Crippen molar-refractivity contribution in [3.05, 3.63) is 99.5 Å². The minimum absolute atomic E-state index is 0.0306. The number of carbonyl (C=O) groups excluding carboxylic acids is 3. The van der Waals surface area contributed by atoms with E-state index in [-0.39, 0.29) is 35.1 Å². The van der Waals surface area contributed by atoms with E-state index in [4.69, 9.17) is 27.9 Å². The summed E-state index contributed by atoms with van der Waals surface area (Å²) >= 11 is 12.4. The molecule has 8 heteroatoms. The van der Waals surface area contributed by atoms with Gasteiger partial charge in [-0.3, -0.25) is 14.4 Å². The molecular formula is C30H30Cl2N2O4. The standard InChI is InChI=1S/C30H30Cl2N2O4/c1-2-38-30(37)23-9-6-16-33(20-23)28(35)17-21-10-13-25(14-11-21)34(19-22-7-4-3-5-8-22)29(36)26-15-12-24(31)18-27(26)32/h3-5,7-8,10-15,18,23H,2,6,9,16-17,19-20H2,1H3/t23-/m0/s1. The van der Waals surface area contributed by atoms with Gasteiger partial charge >= 0.3 is 5.97 Å². The molecule has 0 spiro atoms. The molecule has 2 amide bonds. The lowest BCUT2D eigenvalue weighted by atomic mass is 9.97. The lowest BCUT2D eigenvalue weighted by Gasteiger charge is -2.31. The van der Waals surface area contributed by atoms with Gasteiger partial charge in [0.2, 0.25) is 5.91 Å². The third kappa shape index (κ3) is 6.94. The fraction of sp³-hybridized carbons (Fsp3) is 0.300. The average Bonchev–Trinajstić information content (AvgIpc) is 2.93. The summed E-state index contributed by atoms with van der Waals surface area (Å²) in [5, 5.41) is 0.739. The van der Waals surface area contributed by atoms with Crippen LogP contribution >= 0.6 is 23.2 Å². The lowest BCUT2D eigenvalue weighted by Crippen LogP contribution is -2.43. The van der Waals surface area contributed by atoms with Crippen LogP contribution in [0, 0.1) is 5.92 Å². The lowest BCUT2D eigenvalue weighted by molar-refractivity contribution is -0.151. The number of anilines is 1. The van der Waals surface area contributed by atoms with Crippen molar-refractivity contribution < 1.29 is 19.1 Å². The molecule has 4 rings (SSSR count). The highest BCUT2D eigenvalue weighted by molar-refractivity contribution is 6.37. The molecule has 0 bridgehead atoms. The van der Waals surface area contributed by atoms with Gasteiger partial charge in [0, 0.05) is 23.8 Å². The number of amides is 2. The van der Waals surface area contributed by atoms with E-state index in [0.717, 1.165) is 24.0 Å². The number of benzene rings is 3. The van der Waals surface area contributed by atoms with Crippen LogP contribution in [0.5, 0.6) is 0 Å². The van der Waals surface area contributed by atoms with Gasteiger partial charge in [-0.25, -0.2) is 0 Å². The number of ether oxygens (including phenoxy) is 1. The van der Waals surface area contributed by atoms with Crippen LogP contribution < -0.4 is 4.90 Å². The highest BCUT2D eigenvalue weighted by Gasteiger charge is 2.29. The molecule has 3 aromatic rings. The molecule has 0 aliphatic carbocycles. The maximum Gasteiger partial charge on any atom is 0.310 e. The zero-order chi connectivity index (χ0) is 27.1. The number of hydrogen-bond donors (Lipinski definition) is 0. The molecule has 1 aliphatic heterocycles. The van der Waals surface area contributed by atoms with Gasteiger partial charge in [-0.15, -0.1) is 0 Å². The number of piperidine rings is 1. The summed E-state index contributed by atoms with van der Waals surface area (Å²) in [6.45, 7) is 3.49. The molecule has 1 saturated heterocycles. The number of nitrogens with zero attached hydrogens (tertiary/aromatic N) is 2. The van der Waals surface area contributed by atoms with Crippen molar-refractivity contribution in [2.45, 2.75) is 32.7 Å². The zero-order valence-corrected chi connectivity index (χ0v) is 22.8. The van der Waals surface area contributed by atoms with Crippen LogP contribution in [0.15, 0.2) is 72.8 Å². The summed E-state index contributed by atoms with van der Waals surface area (Å²) < 4.78 is 5.15. The Bertz CT molecular complexity index is 1280. The van der Waals surface area contributed by atoms with Crippen molar-refractivity contribution in [3.63, 3.8) is 0 Å². The summed E-state index contributed by atoms with van der Waals surface area (Å²) in [6.07, 6.45) is 1.73. The van der Waals surface area contributed by atoms with Crippen molar-refractivity contribution in [1.82, 2.24) is 4.90 Å². The molecule has 38 heavy (non-hydrogen) atoms. The normalized spacial score (nSPS) is 15.1. The van der Waals surface area contributed by atoms with E-state index in [2.05, 4.69) is 0 Å². The zero-order valence-electron chi connectivity index (χ0n) is 21.2. The Morgan fingerprint density at radius 2 is 1.71 bits per heavy atom. The number of hydrogen-bond acceptors (Lipinski definition) is 4. The fourth-order valence-electron chi connectivity index (χ4n) is 4.59. The SMILES string of the molecule is CCOC(=O)[C@H]1CCCN(C(=O)Cc2ccc(N(Cc3ccccc3)C(=O)c3ccc(Cl)cc3Cl)cc2)C1. The number of carbonyl (C=O) groups is 3. The van der Waals surface area contributed by atoms with E-state index in [1.165, 1.54) is 0 Å². The van der Waals surface area contributed by atoms with Gasteiger partial charge in [0.15, 0.2) is 0 Å². The molecule has 0 N–H and O–H groups in total. The van der Waals surface area contributed by atoms with Crippen LogP contribution in [0.2, 0.25) is 10.0 Å². The Balaban J connectivity index is 1.50. The molecule has 0 radical (unpaired) electrons. The Kier molecular flexibility index (Phi) is 9.43. The van der Waals surface area contributed by atoms with Crippen molar-refractivity contribution in [3.8, 4) is 0 Å². The highest BCUT2D eigenvalue weighted by Crippen LogP contribution is 2.27. The second-order valence-electron chi connectivity index (χ2n) is 9.28. The molecule has 1 fully saturated rings. The largest absolute Gasteiger partial charge is 0.466 e. The van der Waals surface area contributed by atoms with Gasteiger partial charge in [-0.05, 0) is 61.2 Å². The van der Waals surface area contributed by atoms with Crippen LogP contribution in [0.1, 0.15) is 41.3 Å². The van der Waals surface area contributed by atoms with Gasteiger partial charge in [-0.1, -0.05) is 65.7 Å². The number of esters is 1. The van der Waals surface area contributed by atoms with Crippen LogP contribution in [0.4, 0.5) is 5.69 Å². The molecule has 1 heterocycles. The number of rotatable bonds is 8. The van der Waals surface area contributed by atoms with E-state index >= 15 is 0 Å². The Morgan fingerprint density at radius 3 is 2.39 bits per heavy atom. The Morgan fingerprint density at radius 1 is 0.974 bits per heavy atom.